The summed E-state index contributed by atoms with van der Waals surface area (Å²) in [6, 6.07) is 15.7. The summed E-state index contributed by atoms with van der Waals surface area (Å²) in [6.45, 7) is 0. The fraction of sp³-hybridized carbons (Fsp3) is 0.0769. The predicted octanol–water partition coefficient (Wildman–Crippen LogP) is 4.05. The van der Waals surface area contributed by atoms with Crippen molar-refractivity contribution < 1.29 is 17.9 Å². The fourth-order valence-electron chi connectivity index (χ4n) is 1.45. The van der Waals surface area contributed by atoms with Crippen molar-refractivity contribution in [3.8, 4) is 16.9 Å². The van der Waals surface area contributed by atoms with Crippen LogP contribution in [-0.4, -0.2) is 6.36 Å². The number of ether oxygens (including phenoxy) is 1. The van der Waals surface area contributed by atoms with Crippen molar-refractivity contribution >= 4 is 0 Å². The summed E-state index contributed by atoms with van der Waals surface area (Å²) in [5, 5.41) is 0. The molecule has 4 heteroatoms. The standard InChI is InChI=1S/C13H8F3O/c14-13(15,16)17-12-8-4-7-11(9-12)10-5-2-1-3-6-10/h1-2,4-9H. The van der Waals surface area contributed by atoms with Crippen LogP contribution in [0.3, 0.4) is 0 Å². The van der Waals surface area contributed by atoms with E-state index < -0.39 is 6.36 Å². The Labute approximate surface area is 96.5 Å². The normalized spacial score (nSPS) is 11.2. The SMILES string of the molecule is FC(F)(F)Oc1cccc(-c2c[c]ccc2)c1. The largest absolute Gasteiger partial charge is 0.573 e. The maximum absolute atomic E-state index is 12.0. The van der Waals surface area contributed by atoms with Crippen molar-refractivity contribution in [1.29, 1.82) is 0 Å². The van der Waals surface area contributed by atoms with Crippen LogP contribution < -0.4 is 4.74 Å². The van der Waals surface area contributed by atoms with Gasteiger partial charge in [-0.3, -0.25) is 0 Å². The van der Waals surface area contributed by atoms with Crippen LogP contribution in [0.1, 0.15) is 0 Å². The molecule has 0 N–H and O–H groups in total. The highest BCUT2D eigenvalue weighted by atomic mass is 19.4. The predicted molar refractivity (Wildman–Crippen MR) is 57.4 cm³/mol. The maximum Gasteiger partial charge on any atom is 0.573 e. The number of alkyl halides is 3. The number of benzene rings is 2. The molecule has 0 spiro atoms. The molecule has 2 aromatic carbocycles. The Kier molecular flexibility index (Phi) is 3.04. The summed E-state index contributed by atoms with van der Waals surface area (Å²) in [4.78, 5) is 0. The molecule has 0 atom stereocenters. The van der Waals surface area contributed by atoms with Gasteiger partial charge in [0, 0.05) is 0 Å². The van der Waals surface area contributed by atoms with Crippen molar-refractivity contribution in [1.82, 2.24) is 0 Å². The minimum Gasteiger partial charge on any atom is -0.406 e. The van der Waals surface area contributed by atoms with E-state index in [0.717, 1.165) is 5.56 Å². The van der Waals surface area contributed by atoms with Crippen molar-refractivity contribution in [2.75, 3.05) is 0 Å². The second-order valence-corrected chi connectivity index (χ2v) is 3.37. The third-order valence-corrected chi connectivity index (χ3v) is 2.11. The minimum atomic E-state index is -4.67. The fourth-order valence-corrected chi connectivity index (χ4v) is 1.45. The van der Waals surface area contributed by atoms with E-state index in [1.165, 1.54) is 18.2 Å². The van der Waals surface area contributed by atoms with E-state index in [-0.39, 0.29) is 5.75 Å². The molecular formula is C13H8F3O. The Morgan fingerprint density at radius 3 is 2.41 bits per heavy atom. The zero-order chi connectivity index (χ0) is 12.3. The molecule has 1 nitrogen and oxygen atoms in total. The van der Waals surface area contributed by atoms with E-state index in [2.05, 4.69) is 10.8 Å². The molecule has 0 fully saturated rings. The molecule has 0 amide bonds. The van der Waals surface area contributed by atoms with Gasteiger partial charge in [-0.25, -0.2) is 0 Å². The quantitative estimate of drug-likeness (QED) is 0.765. The van der Waals surface area contributed by atoms with Crippen LogP contribution in [0.4, 0.5) is 13.2 Å². The smallest absolute Gasteiger partial charge is 0.406 e. The molecule has 87 valence electrons. The molecule has 0 aromatic heterocycles. The van der Waals surface area contributed by atoms with Gasteiger partial charge in [0.05, 0.1) is 0 Å². The van der Waals surface area contributed by atoms with Crippen LogP contribution in [0.25, 0.3) is 11.1 Å². The lowest BCUT2D eigenvalue weighted by molar-refractivity contribution is -0.274. The molecule has 0 aliphatic carbocycles. The van der Waals surface area contributed by atoms with Crippen LogP contribution in [-0.2, 0) is 0 Å². The summed E-state index contributed by atoms with van der Waals surface area (Å²) in [6.07, 6.45) is -4.67. The third kappa shape index (κ3) is 3.24. The van der Waals surface area contributed by atoms with Gasteiger partial charge in [0.2, 0.25) is 0 Å². The van der Waals surface area contributed by atoms with E-state index >= 15 is 0 Å². The monoisotopic (exact) mass is 237 g/mol. The Balaban J connectivity index is 2.29. The Bertz CT molecular complexity index is 492. The van der Waals surface area contributed by atoms with Crippen LogP contribution in [0, 0.1) is 6.07 Å². The van der Waals surface area contributed by atoms with Crippen molar-refractivity contribution in [2.45, 2.75) is 6.36 Å². The van der Waals surface area contributed by atoms with Gasteiger partial charge in [-0.2, -0.15) is 0 Å². The van der Waals surface area contributed by atoms with Gasteiger partial charge in [0.25, 0.3) is 0 Å². The summed E-state index contributed by atoms with van der Waals surface area (Å²) in [5.74, 6) is -0.223. The number of hydrogen-bond acceptors (Lipinski definition) is 1. The first-order valence-electron chi connectivity index (χ1n) is 4.87. The first kappa shape index (κ1) is 11.5. The van der Waals surface area contributed by atoms with Crippen molar-refractivity contribution in [3.63, 3.8) is 0 Å². The van der Waals surface area contributed by atoms with E-state index in [0.29, 0.717) is 5.56 Å². The van der Waals surface area contributed by atoms with Crippen molar-refractivity contribution in [3.05, 3.63) is 54.6 Å². The number of halogens is 3. The van der Waals surface area contributed by atoms with E-state index in [9.17, 15) is 13.2 Å². The van der Waals surface area contributed by atoms with Gasteiger partial charge >= 0.3 is 6.36 Å². The Hall–Kier alpha value is -1.97. The Morgan fingerprint density at radius 1 is 1.00 bits per heavy atom. The van der Waals surface area contributed by atoms with Gasteiger partial charge in [0.15, 0.2) is 0 Å². The molecule has 0 aliphatic heterocycles. The van der Waals surface area contributed by atoms with Crippen LogP contribution >= 0.6 is 0 Å². The van der Waals surface area contributed by atoms with E-state index in [4.69, 9.17) is 0 Å². The topological polar surface area (TPSA) is 9.23 Å². The molecular weight excluding hydrogens is 229 g/mol. The van der Waals surface area contributed by atoms with Gasteiger partial charge < -0.3 is 4.74 Å². The molecule has 2 aromatic rings. The zero-order valence-electron chi connectivity index (χ0n) is 8.66. The lowest BCUT2D eigenvalue weighted by atomic mass is 10.1. The maximum atomic E-state index is 12.0. The molecule has 0 bridgehead atoms. The molecule has 0 saturated heterocycles. The number of rotatable bonds is 2. The second-order valence-electron chi connectivity index (χ2n) is 3.37. The van der Waals surface area contributed by atoms with Crippen molar-refractivity contribution in [2.24, 2.45) is 0 Å². The molecule has 0 heterocycles. The van der Waals surface area contributed by atoms with Gasteiger partial charge in [-0.05, 0) is 35.4 Å². The summed E-state index contributed by atoms with van der Waals surface area (Å²) < 4.78 is 40.0. The van der Waals surface area contributed by atoms with E-state index in [1.54, 1.807) is 30.3 Å². The van der Waals surface area contributed by atoms with Crippen LogP contribution in [0.15, 0.2) is 48.5 Å². The highest BCUT2D eigenvalue weighted by Gasteiger charge is 2.31. The van der Waals surface area contributed by atoms with Gasteiger partial charge in [-0.1, -0.05) is 30.3 Å². The average molecular weight is 237 g/mol. The summed E-state index contributed by atoms with van der Waals surface area (Å²) >= 11 is 0. The minimum absolute atomic E-state index is 0.223. The van der Waals surface area contributed by atoms with Crippen LogP contribution in [0.2, 0.25) is 0 Å². The van der Waals surface area contributed by atoms with Gasteiger partial charge in [-0.15, -0.1) is 13.2 Å². The average Bonchev–Trinajstić information content (AvgIpc) is 2.28. The molecule has 0 aliphatic rings. The van der Waals surface area contributed by atoms with Gasteiger partial charge in [0.1, 0.15) is 5.75 Å². The third-order valence-electron chi connectivity index (χ3n) is 2.11. The molecule has 0 unspecified atom stereocenters. The molecule has 17 heavy (non-hydrogen) atoms. The summed E-state index contributed by atoms with van der Waals surface area (Å²) in [7, 11) is 0. The highest BCUT2D eigenvalue weighted by Crippen LogP contribution is 2.27. The molecule has 1 radical (unpaired) electrons. The summed E-state index contributed by atoms with van der Waals surface area (Å²) in [5.41, 5.74) is 1.45. The Morgan fingerprint density at radius 2 is 1.76 bits per heavy atom. The van der Waals surface area contributed by atoms with Crippen LogP contribution in [0.5, 0.6) is 5.75 Å². The zero-order valence-corrected chi connectivity index (χ0v) is 8.66. The molecule has 2 rings (SSSR count). The highest BCUT2D eigenvalue weighted by molar-refractivity contribution is 5.64. The second kappa shape index (κ2) is 4.49. The first-order chi connectivity index (χ1) is 8.04. The van der Waals surface area contributed by atoms with E-state index in [1.807, 2.05) is 0 Å². The first-order valence-corrected chi connectivity index (χ1v) is 4.87. The number of hydrogen-bond donors (Lipinski definition) is 0. The lowest BCUT2D eigenvalue weighted by Gasteiger charge is -2.10. The lowest BCUT2D eigenvalue weighted by Crippen LogP contribution is -2.17. The molecule has 0 saturated carbocycles.